The molecule has 2 N–H and O–H groups in total. The van der Waals surface area contributed by atoms with Gasteiger partial charge in [0.15, 0.2) is 34.6 Å². The number of hydrogen-bond donors (Lipinski definition) is 2. The molecule has 0 spiro atoms. The van der Waals surface area contributed by atoms with Gasteiger partial charge in [0.05, 0.1) is 33.9 Å². The van der Waals surface area contributed by atoms with Crippen molar-refractivity contribution in [2.75, 3.05) is 40.6 Å². The summed E-state index contributed by atoms with van der Waals surface area (Å²) in [7, 11) is 3.02. The number of allylic oxidation sites excluding steroid dienone is 2. The van der Waals surface area contributed by atoms with Gasteiger partial charge in [0.2, 0.25) is 0 Å². The number of rotatable bonds is 14. The van der Waals surface area contributed by atoms with Gasteiger partial charge in [0, 0.05) is 0 Å². The second-order valence-corrected chi connectivity index (χ2v) is 6.74. The molecule has 0 amide bonds. The lowest BCUT2D eigenvalue weighted by atomic mass is 10.1. The molecule has 33 heavy (non-hydrogen) atoms. The predicted octanol–water partition coefficient (Wildman–Crippen LogP) is 2.70. The zero-order valence-corrected chi connectivity index (χ0v) is 18.7. The van der Waals surface area contributed by atoms with Gasteiger partial charge >= 0.3 is 0 Å². The van der Waals surface area contributed by atoms with Crippen LogP contribution in [0.25, 0.3) is 12.2 Å². The Labute approximate surface area is 192 Å². The maximum atomic E-state index is 12.2. The molecule has 0 saturated carbocycles. The summed E-state index contributed by atoms with van der Waals surface area (Å²) in [6.45, 7) is -0.0329. The van der Waals surface area contributed by atoms with Crippen molar-refractivity contribution in [1.82, 2.24) is 0 Å². The number of methoxy groups -OCH3 is 2. The number of hydrogen-bond acceptors (Lipinski definition) is 8. The molecule has 0 bridgehead atoms. The van der Waals surface area contributed by atoms with Crippen molar-refractivity contribution in [1.29, 1.82) is 0 Å². The van der Waals surface area contributed by atoms with Crippen LogP contribution in [0, 0.1) is 0 Å². The van der Waals surface area contributed by atoms with Crippen LogP contribution in [-0.2, 0) is 9.59 Å². The number of aliphatic hydroxyl groups is 2. The van der Waals surface area contributed by atoms with Crippen LogP contribution in [-0.4, -0.2) is 62.4 Å². The van der Waals surface area contributed by atoms with E-state index < -0.39 is 0 Å². The van der Waals surface area contributed by atoms with Crippen LogP contribution < -0.4 is 18.9 Å². The van der Waals surface area contributed by atoms with E-state index in [9.17, 15) is 9.59 Å². The Morgan fingerprint density at radius 2 is 1.15 bits per heavy atom. The first-order chi connectivity index (χ1) is 16.0. The first kappa shape index (κ1) is 25.6. The quantitative estimate of drug-likeness (QED) is 0.330. The van der Waals surface area contributed by atoms with Crippen LogP contribution in [0.2, 0.25) is 0 Å². The van der Waals surface area contributed by atoms with Gasteiger partial charge in [-0.25, -0.2) is 0 Å². The first-order valence-electron chi connectivity index (χ1n) is 10.3. The van der Waals surface area contributed by atoms with Crippen molar-refractivity contribution in [3.8, 4) is 23.0 Å². The van der Waals surface area contributed by atoms with E-state index in [2.05, 4.69) is 0 Å². The lowest BCUT2D eigenvalue weighted by molar-refractivity contribution is -0.121. The SMILES string of the molecule is COc1ccc(/C=C/C(=O)CC(=O)/C=C/c2ccc(OC)c(OCCO)c2)cc1OCCO. The van der Waals surface area contributed by atoms with E-state index in [1.54, 1.807) is 48.6 Å². The smallest absolute Gasteiger partial charge is 0.163 e. The Hall–Kier alpha value is -3.62. The number of benzene rings is 2. The Bertz CT molecular complexity index is 914. The third-order valence-corrected chi connectivity index (χ3v) is 4.34. The highest BCUT2D eigenvalue weighted by atomic mass is 16.5. The van der Waals surface area contributed by atoms with Crippen molar-refractivity contribution < 1.29 is 38.7 Å². The highest BCUT2D eigenvalue weighted by molar-refractivity contribution is 6.10. The van der Waals surface area contributed by atoms with Crippen molar-refractivity contribution in [2.45, 2.75) is 6.42 Å². The zero-order valence-electron chi connectivity index (χ0n) is 18.7. The molecule has 0 aliphatic carbocycles. The molecule has 0 aromatic heterocycles. The zero-order chi connectivity index (χ0) is 24.1. The van der Waals surface area contributed by atoms with Gasteiger partial charge in [-0.1, -0.05) is 24.3 Å². The average molecular weight is 456 g/mol. The molecule has 2 aromatic rings. The molecule has 0 atom stereocenters. The summed E-state index contributed by atoms with van der Waals surface area (Å²) in [5.74, 6) is 1.22. The number of carbonyl (C=O) groups is 2. The largest absolute Gasteiger partial charge is 0.493 e. The van der Waals surface area contributed by atoms with Crippen molar-refractivity contribution in [3.63, 3.8) is 0 Å². The second-order valence-electron chi connectivity index (χ2n) is 6.74. The van der Waals surface area contributed by atoms with E-state index in [4.69, 9.17) is 29.2 Å². The molecule has 0 aliphatic rings. The molecule has 8 heteroatoms. The molecular weight excluding hydrogens is 428 g/mol. The third kappa shape index (κ3) is 8.44. The Morgan fingerprint density at radius 3 is 1.52 bits per heavy atom. The summed E-state index contributed by atoms with van der Waals surface area (Å²) >= 11 is 0. The standard InChI is InChI=1S/C25H28O8/c1-30-22-9-5-18(15-24(22)32-13-11-26)3-7-20(28)17-21(29)8-4-19-6-10-23(31-2)25(16-19)33-14-12-27/h3-10,15-16,26-27H,11-14,17H2,1-2H3/b7-3+,8-4+. The lowest BCUT2D eigenvalue weighted by Gasteiger charge is -2.10. The van der Waals surface area contributed by atoms with Crippen LogP contribution in [0.5, 0.6) is 23.0 Å². The van der Waals surface area contributed by atoms with Gasteiger partial charge in [-0.2, -0.15) is 0 Å². The van der Waals surface area contributed by atoms with E-state index >= 15 is 0 Å². The van der Waals surface area contributed by atoms with Crippen LogP contribution >= 0.6 is 0 Å². The summed E-state index contributed by atoms with van der Waals surface area (Å²) in [5, 5.41) is 17.9. The summed E-state index contributed by atoms with van der Waals surface area (Å²) in [5.41, 5.74) is 1.38. The topological polar surface area (TPSA) is 112 Å². The van der Waals surface area contributed by atoms with Crippen LogP contribution in [0.1, 0.15) is 17.5 Å². The minimum absolute atomic E-state index is 0.118. The fourth-order valence-corrected chi connectivity index (χ4v) is 2.80. The van der Waals surface area contributed by atoms with Gasteiger partial charge in [-0.3, -0.25) is 9.59 Å². The fourth-order valence-electron chi connectivity index (χ4n) is 2.80. The first-order valence-corrected chi connectivity index (χ1v) is 10.3. The predicted molar refractivity (Wildman–Crippen MR) is 124 cm³/mol. The van der Waals surface area contributed by atoms with E-state index in [-0.39, 0.29) is 44.4 Å². The van der Waals surface area contributed by atoms with E-state index in [1.807, 2.05) is 0 Å². The molecule has 0 aliphatic heterocycles. The number of aliphatic hydroxyl groups excluding tert-OH is 2. The molecule has 0 radical (unpaired) electrons. The summed E-state index contributed by atoms with van der Waals surface area (Å²) in [6.07, 6.45) is 5.55. The Balaban J connectivity index is 1.98. The molecule has 176 valence electrons. The van der Waals surface area contributed by atoms with E-state index in [1.165, 1.54) is 26.4 Å². The van der Waals surface area contributed by atoms with Gasteiger partial charge in [0.1, 0.15) is 13.2 Å². The van der Waals surface area contributed by atoms with Crippen molar-refractivity contribution in [2.24, 2.45) is 0 Å². The van der Waals surface area contributed by atoms with Gasteiger partial charge < -0.3 is 29.2 Å². The third-order valence-electron chi connectivity index (χ3n) is 4.34. The number of carbonyl (C=O) groups excluding carboxylic acids is 2. The molecule has 2 rings (SSSR count). The van der Waals surface area contributed by atoms with E-state index in [0.29, 0.717) is 34.1 Å². The number of ketones is 2. The molecular formula is C25H28O8. The van der Waals surface area contributed by atoms with Gasteiger partial charge in [-0.05, 0) is 47.5 Å². The van der Waals surface area contributed by atoms with Crippen LogP contribution in [0.15, 0.2) is 48.6 Å². The maximum absolute atomic E-state index is 12.2. The molecule has 0 heterocycles. The monoisotopic (exact) mass is 456 g/mol. The summed E-state index contributed by atoms with van der Waals surface area (Å²) in [4.78, 5) is 24.4. The van der Waals surface area contributed by atoms with Gasteiger partial charge in [-0.15, -0.1) is 0 Å². The molecule has 0 fully saturated rings. The normalized spacial score (nSPS) is 11.0. The summed E-state index contributed by atoms with van der Waals surface area (Å²) in [6, 6.07) is 10.2. The van der Waals surface area contributed by atoms with Gasteiger partial charge in [0.25, 0.3) is 0 Å². The molecule has 0 unspecified atom stereocenters. The molecule has 0 saturated heterocycles. The average Bonchev–Trinajstić information content (AvgIpc) is 2.83. The molecule has 2 aromatic carbocycles. The highest BCUT2D eigenvalue weighted by Crippen LogP contribution is 2.29. The Morgan fingerprint density at radius 1 is 0.727 bits per heavy atom. The minimum Gasteiger partial charge on any atom is -0.493 e. The maximum Gasteiger partial charge on any atom is 0.163 e. The fraction of sp³-hybridized carbons (Fsp3) is 0.280. The van der Waals surface area contributed by atoms with Crippen LogP contribution in [0.4, 0.5) is 0 Å². The van der Waals surface area contributed by atoms with Crippen molar-refractivity contribution in [3.05, 3.63) is 59.7 Å². The summed E-state index contributed by atoms with van der Waals surface area (Å²) < 4.78 is 21.2. The van der Waals surface area contributed by atoms with E-state index in [0.717, 1.165) is 0 Å². The second kappa shape index (κ2) is 13.7. The van der Waals surface area contributed by atoms with Crippen LogP contribution in [0.3, 0.4) is 0 Å². The van der Waals surface area contributed by atoms with Crippen molar-refractivity contribution >= 4 is 23.7 Å². The lowest BCUT2D eigenvalue weighted by Crippen LogP contribution is -2.03. The minimum atomic E-state index is -0.347. The highest BCUT2D eigenvalue weighted by Gasteiger charge is 2.08. The number of ether oxygens (including phenoxy) is 4. The Kier molecular flexibility index (Phi) is 10.7. The molecule has 8 nitrogen and oxygen atoms in total.